The van der Waals surface area contributed by atoms with Gasteiger partial charge in [-0.3, -0.25) is 9.69 Å². The molecule has 0 aliphatic carbocycles. The van der Waals surface area contributed by atoms with Gasteiger partial charge in [0.25, 0.3) is 5.91 Å². The van der Waals surface area contributed by atoms with E-state index in [0.29, 0.717) is 52.8 Å². The molecule has 1 aliphatic heterocycles. The Balaban J connectivity index is 1.36. The summed E-state index contributed by atoms with van der Waals surface area (Å²) in [6.45, 7) is 1.35. The lowest BCUT2D eigenvalue weighted by Crippen LogP contribution is -2.45. The second kappa shape index (κ2) is 10.4. The van der Waals surface area contributed by atoms with E-state index in [4.69, 9.17) is 10.5 Å². The van der Waals surface area contributed by atoms with Crippen molar-refractivity contribution in [2.75, 3.05) is 36.0 Å². The largest absolute Gasteiger partial charge is 0.473 e. The van der Waals surface area contributed by atoms with E-state index in [-0.39, 0.29) is 24.4 Å². The third-order valence-electron chi connectivity index (χ3n) is 5.26. The highest BCUT2D eigenvalue weighted by Crippen LogP contribution is 2.29. The molecule has 1 atom stereocenters. The Hall–Kier alpha value is -3.45. The minimum absolute atomic E-state index is 0.183. The molecule has 3 aromatic rings. The standard InChI is InChI=1S/C22H24F3N7O2S/c1-13-19(21(35-31-13)30-17-6-4-14(26)9-27-17)20(33)29-15-5-7-18(28-10-15)34-16-3-2-8-32(11-16)12-22(23,24)25/h4-7,9-10,16H,2-3,8,11-12,26H2,1H3,(H,27,30)(H,29,33). The van der Waals surface area contributed by atoms with Crippen LogP contribution in [0.5, 0.6) is 5.88 Å². The van der Waals surface area contributed by atoms with Crippen LogP contribution in [0, 0.1) is 6.92 Å². The number of carbonyl (C=O) groups excluding carboxylic acids is 1. The number of pyridine rings is 2. The molecule has 9 nitrogen and oxygen atoms in total. The molecule has 186 valence electrons. The molecule has 4 rings (SSSR count). The maximum atomic E-state index is 12.9. The van der Waals surface area contributed by atoms with E-state index in [0.717, 1.165) is 11.5 Å². The summed E-state index contributed by atoms with van der Waals surface area (Å²) in [5.74, 6) is 0.434. The molecule has 4 heterocycles. The molecule has 1 saturated heterocycles. The quantitative estimate of drug-likeness (QED) is 0.435. The summed E-state index contributed by atoms with van der Waals surface area (Å²) >= 11 is 1.14. The summed E-state index contributed by atoms with van der Waals surface area (Å²) in [6.07, 6.45) is -0.408. The lowest BCUT2D eigenvalue weighted by molar-refractivity contribution is -0.150. The molecule has 1 unspecified atom stereocenters. The number of likely N-dealkylation sites (tertiary alicyclic amines) is 1. The molecule has 35 heavy (non-hydrogen) atoms. The maximum absolute atomic E-state index is 12.9. The van der Waals surface area contributed by atoms with Gasteiger partial charge in [-0.25, -0.2) is 9.97 Å². The fourth-order valence-corrected chi connectivity index (χ4v) is 4.51. The van der Waals surface area contributed by atoms with Crippen LogP contribution in [-0.2, 0) is 0 Å². The van der Waals surface area contributed by atoms with Crippen molar-refractivity contribution in [1.82, 2.24) is 19.2 Å². The van der Waals surface area contributed by atoms with Gasteiger partial charge in [0.2, 0.25) is 5.88 Å². The molecule has 3 aromatic heterocycles. The van der Waals surface area contributed by atoms with Gasteiger partial charge in [0.1, 0.15) is 16.9 Å². The number of hydrogen-bond acceptors (Lipinski definition) is 9. The second-order valence-corrected chi connectivity index (χ2v) is 8.92. The van der Waals surface area contributed by atoms with Gasteiger partial charge in [-0.15, -0.1) is 0 Å². The van der Waals surface area contributed by atoms with Gasteiger partial charge in [0.05, 0.1) is 41.6 Å². The number of anilines is 4. The fraction of sp³-hybridized carbons (Fsp3) is 0.364. The van der Waals surface area contributed by atoms with Crippen molar-refractivity contribution in [3.05, 3.63) is 47.9 Å². The van der Waals surface area contributed by atoms with Gasteiger partial charge in [-0.2, -0.15) is 17.5 Å². The van der Waals surface area contributed by atoms with Crippen molar-refractivity contribution in [2.24, 2.45) is 0 Å². The summed E-state index contributed by atoms with van der Waals surface area (Å²) in [4.78, 5) is 22.6. The SMILES string of the molecule is Cc1nsc(Nc2ccc(N)cn2)c1C(=O)Nc1ccc(OC2CCCN(CC(F)(F)F)C2)nc1. The van der Waals surface area contributed by atoms with E-state index < -0.39 is 12.7 Å². The van der Waals surface area contributed by atoms with E-state index in [9.17, 15) is 18.0 Å². The molecule has 0 bridgehead atoms. The number of nitrogen functional groups attached to an aromatic ring is 1. The van der Waals surface area contributed by atoms with Crippen LogP contribution in [0.1, 0.15) is 28.9 Å². The van der Waals surface area contributed by atoms with E-state index in [2.05, 4.69) is 25.0 Å². The number of nitrogens with zero attached hydrogens (tertiary/aromatic N) is 4. The second-order valence-electron chi connectivity index (χ2n) is 8.15. The predicted molar refractivity (Wildman–Crippen MR) is 127 cm³/mol. The number of nitrogens with one attached hydrogen (secondary N) is 2. The van der Waals surface area contributed by atoms with Gasteiger partial charge < -0.3 is 21.1 Å². The Bertz CT molecular complexity index is 1150. The van der Waals surface area contributed by atoms with Crippen LogP contribution in [0.2, 0.25) is 0 Å². The van der Waals surface area contributed by atoms with Gasteiger partial charge in [0.15, 0.2) is 0 Å². The predicted octanol–water partition coefficient (Wildman–Crippen LogP) is 4.23. The van der Waals surface area contributed by atoms with E-state index >= 15 is 0 Å². The minimum Gasteiger partial charge on any atom is -0.473 e. The fourth-order valence-electron chi connectivity index (χ4n) is 3.71. The third-order valence-corrected chi connectivity index (χ3v) is 6.12. The number of alkyl halides is 3. The van der Waals surface area contributed by atoms with Crippen LogP contribution >= 0.6 is 11.5 Å². The molecule has 13 heteroatoms. The smallest absolute Gasteiger partial charge is 0.401 e. The number of halogens is 3. The Kier molecular flexibility index (Phi) is 7.36. The van der Waals surface area contributed by atoms with E-state index in [1.54, 1.807) is 31.2 Å². The lowest BCUT2D eigenvalue weighted by atomic mass is 10.1. The topological polar surface area (TPSA) is 118 Å². The van der Waals surface area contributed by atoms with Crippen LogP contribution in [0.3, 0.4) is 0 Å². The first-order valence-electron chi connectivity index (χ1n) is 10.8. The molecule has 1 amide bonds. The normalized spacial score (nSPS) is 16.6. The molecule has 0 spiro atoms. The zero-order valence-corrected chi connectivity index (χ0v) is 19.6. The highest BCUT2D eigenvalue weighted by molar-refractivity contribution is 7.10. The molecule has 4 N–H and O–H groups in total. The van der Waals surface area contributed by atoms with Gasteiger partial charge in [-0.1, -0.05) is 0 Å². The number of piperidine rings is 1. The number of nitrogens with two attached hydrogens (primary N) is 1. The van der Waals surface area contributed by atoms with Crippen LogP contribution < -0.4 is 21.1 Å². The van der Waals surface area contributed by atoms with Crippen LogP contribution in [0.4, 0.5) is 35.4 Å². The Labute approximate surface area is 203 Å². The van der Waals surface area contributed by atoms with Crippen molar-refractivity contribution in [3.63, 3.8) is 0 Å². The Morgan fingerprint density at radius 1 is 1.26 bits per heavy atom. The average molecular weight is 508 g/mol. The summed E-state index contributed by atoms with van der Waals surface area (Å²) in [7, 11) is 0. The van der Waals surface area contributed by atoms with Crippen molar-refractivity contribution in [1.29, 1.82) is 0 Å². The molecular formula is C22H24F3N7O2S. The number of rotatable bonds is 7. The van der Waals surface area contributed by atoms with Crippen LogP contribution in [0.15, 0.2) is 36.7 Å². The molecule has 0 radical (unpaired) electrons. The van der Waals surface area contributed by atoms with Gasteiger partial charge >= 0.3 is 6.18 Å². The zero-order chi connectivity index (χ0) is 25.0. The van der Waals surface area contributed by atoms with E-state index in [1.807, 2.05) is 0 Å². The number of hydrogen-bond donors (Lipinski definition) is 3. The van der Waals surface area contributed by atoms with Crippen LogP contribution in [0.25, 0.3) is 0 Å². The lowest BCUT2D eigenvalue weighted by Gasteiger charge is -2.32. The molecule has 0 aromatic carbocycles. The van der Waals surface area contributed by atoms with Crippen molar-refractivity contribution in [3.8, 4) is 5.88 Å². The maximum Gasteiger partial charge on any atom is 0.401 e. The van der Waals surface area contributed by atoms with Crippen molar-refractivity contribution >= 4 is 39.6 Å². The number of carbonyl (C=O) groups is 1. The number of aryl methyl sites for hydroxylation is 1. The van der Waals surface area contributed by atoms with Gasteiger partial charge in [-0.05, 0) is 56.0 Å². The number of amides is 1. The highest BCUT2D eigenvalue weighted by Gasteiger charge is 2.33. The minimum atomic E-state index is -4.24. The summed E-state index contributed by atoms with van der Waals surface area (Å²) < 4.78 is 48.1. The molecule has 0 saturated carbocycles. The van der Waals surface area contributed by atoms with E-state index in [1.165, 1.54) is 17.3 Å². The third kappa shape index (κ3) is 6.79. The Morgan fingerprint density at radius 3 is 2.77 bits per heavy atom. The summed E-state index contributed by atoms with van der Waals surface area (Å²) in [5, 5.41) is 6.39. The van der Waals surface area contributed by atoms with Crippen molar-refractivity contribution in [2.45, 2.75) is 32.0 Å². The zero-order valence-electron chi connectivity index (χ0n) is 18.8. The summed E-state index contributed by atoms with van der Waals surface area (Å²) in [5.41, 5.74) is 7.55. The number of ether oxygens (including phenoxy) is 1. The van der Waals surface area contributed by atoms with Gasteiger partial charge in [0, 0.05) is 12.6 Å². The monoisotopic (exact) mass is 507 g/mol. The molecular weight excluding hydrogens is 483 g/mol. The first-order chi connectivity index (χ1) is 16.7. The number of aromatic nitrogens is 3. The Morgan fingerprint density at radius 2 is 2.09 bits per heavy atom. The summed E-state index contributed by atoms with van der Waals surface area (Å²) in [6, 6.07) is 6.59. The molecule has 1 aliphatic rings. The first-order valence-corrected chi connectivity index (χ1v) is 11.6. The van der Waals surface area contributed by atoms with Crippen LogP contribution in [-0.4, -0.2) is 57.1 Å². The average Bonchev–Trinajstić information content (AvgIpc) is 3.16. The first kappa shape index (κ1) is 24.7. The van der Waals surface area contributed by atoms with Crippen molar-refractivity contribution < 1.29 is 22.7 Å². The highest BCUT2D eigenvalue weighted by atomic mass is 32.1. The molecule has 1 fully saturated rings.